The van der Waals surface area contributed by atoms with Crippen molar-refractivity contribution >= 4 is 34.0 Å². The quantitative estimate of drug-likeness (QED) is 0.661. The van der Waals surface area contributed by atoms with E-state index in [2.05, 4.69) is 15.5 Å². The van der Waals surface area contributed by atoms with Crippen LogP contribution in [0.2, 0.25) is 0 Å². The molecular formula is C21H22N4O2. The number of allylic oxidation sites excluding steroid dienone is 1. The van der Waals surface area contributed by atoms with Crippen LogP contribution in [0.1, 0.15) is 19.5 Å². The summed E-state index contributed by atoms with van der Waals surface area (Å²) in [5.41, 5.74) is 3.24. The Morgan fingerprint density at radius 3 is 2.52 bits per heavy atom. The first-order chi connectivity index (χ1) is 13.1. The van der Waals surface area contributed by atoms with Gasteiger partial charge in [0.25, 0.3) is 5.91 Å². The standard InChI is InChI=1S/C21H22N4O2/c1-15(21-18-10-6-7-11-19(18)23-24-21)14-20(27)25(13-12-22-16(2)26)17-8-4-3-5-9-17/h3-11,14H,12-13H2,1-2H3,(H,22,26)(H,23,24). The molecular weight excluding hydrogens is 340 g/mol. The van der Waals surface area contributed by atoms with E-state index in [0.29, 0.717) is 13.1 Å². The highest BCUT2D eigenvalue weighted by Gasteiger charge is 2.15. The van der Waals surface area contributed by atoms with Crippen LogP contribution in [0.3, 0.4) is 0 Å². The molecule has 0 bridgehead atoms. The van der Waals surface area contributed by atoms with Crippen LogP contribution in [0, 0.1) is 0 Å². The normalized spacial score (nSPS) is 11.4. The summed E-state index contributed by atoms with van der Waals surface area (Å²) in [7, 11) is 0. The van der Waals surface area contributed by atoms with E-state index in [0.717, 1.165) is 27.9 Å². The molecule has 0 aliphatic rings. The zero-order valence-electron chi connectivity index (χ0n) is 15.4. The molecule has 0 aliphatic heterocycles. The fourth-order valence-electron chi connectivity index (χ4n) is 2.91. The molecule has 0 atom stereocenters. The smallest absolute Gasteiger partial charge is 0.251 e. The molecule has 27 heavy (non-hydrogen) atoms. The number of anilines is 1. The van der Waals surface area contributed by atoms with Gasteiger partial charge in [-0.3, -0.25) is 14.7 Å². The number of hydrogen-bond acceptors (Lipinski definition) is 3. The first-order valence-corrected chi connectivity index (χ1v) is 8.79. The van der Waals surface area contributed by atoms with E-state index in [1.165, 1.54) is 6.92 Å². The molecule has 6 heteroatoms. The first-order valence-electron chi connectivity index (χ1n) is 8.79. The van der Waals surface area contributed by atoms with Gasteiger partial charge >= 0.3 is 0 Å². The molecule has 0 radical (unpaired) electrons. The van der Waals surface area contributed by atoms with Crippen LogP contribution in [0.4, 0.5) is 5.69 Å². The Morgan fingerprint density at radius 1 is 1.07 bits per heavy atom. The second kappa shape index (κ2) is 8.31. The van der Waals surface area contributed by atoms with Gasteiger partial charge in [-0.1, -0.05) is 36.4 Å². The molecule has 1 aromatic heterocycles. The number of aromatic nitrogens is 2. The number of amides is 2. The van der Waals surface area contributed by atoms with Gasteiger partial charge in [0.2, 0.25) is 5.91 Å². The number of rotatable bonds is 6. The van der Waals surface area contributed by atoms with Crippen LogP contribution in [-0.4, -0.2) is 35.1 Å². The number of nitrogens with one attached hydrogen (secondary N) is 2. The topological polar surface area (TPSA) is 78.1 Å². The Labute approximate surface area is 157 Å². The van der Waals surface area contributed by atoms with Crippen molar-refractivity contribution in [2.45, 2.75) is 13.8 Å². The maximum atomic E-state index is 13.0. The highest BCUT2D eigenvalue weighted by molar-refractivity contribution is 6.06. The minimum absolute atomic E-state index is 0.120. The summed E-state index contributed by atoms with van der Waals surface area (Å²) in [6.45, 7) is 4.10. The van der Waals surface area contributed by atoms with Gasteiger partial charge in [0, 0.05) is 37.2 Å². The Balaban J connectivity index is 1.86. The average molecular weight is 362 g/mol. The summed E-state index contributed by atoms with van der Waals surface area (Å²) in [5.74, 6) is -0.277. The Bertz CT molecular complexity index is 976. The zero-order chi connectivity index (χ0) is 19.2. The van der Waals surface area contributed by atoms with Crippen molar-refractivity contribution in [1.29, 1.82) is 0 Å². The zero-order valence-corrected chi connectivity index (χ0v) is 15.4. The Morgan fingerprint density at radius 2 is 1.78 bits per heavy atom. The molecule has 2 N–H and O–H groups in total. The van der Waals surface area contributed by atoms with Gasteiger partial charge in [0.05, 0.1) is 11.2 Å². The number of para-hydroxylation sites is 2. The van der Waals surface area contributed by atoms with Gasteiger partial charge in [-0.15, -0.1) is 0 Å². The molecule has 138 valence electrons. The third-order valence-corrected chi connectivity index (χ3v) is 4.23. The van der Waals surface area contributed by atoms with Gasteiger partial charge in [0.1, 0.15) is 0 Å². The maximum absolute atomic E-state index is 13.0. The summed E-state index contributed by atoms with van der Waals surface area (Å²) in [4.78, 5) is 25.8. The molecule has 1 heterocycles. The van der Waals surface area contributed by atoms with Crippen molar-refractivity contribution in [3.8, 4) is 0 Å². The molecule has 0 fully saturated rings. The molecule has 2 amide bonds. The van der Waals surface area contributed by atoms with Crippen LogP contribution in [0.25, 0.3) is 16.5 Å². The number of nitrogens with zero attached hydrogens (tertiary/aromatic N) is 2. The van der Waals surface area contributed by atoms with E-state index in [4.69, 9.17) is 0 Å². The Kier molecular flexibility index (Phi) is 5.66. The van der Waals surface area contributed by atoms with Crippen LogP contribution in [0.15, 0.2) is 60.7 Å². The summed E-state index contributed by atoms with van der Waals surface area (Å²) in [6.07, 6.45) is 1.59. The van der Waals surface area contributed by atoms with Crippen LogP contribution in [0.5, 0.6) is 0 Å². The number of fused-ring (bicyclic) bond motifs is 1. The molecule has 0 saturated heterocycles. The van der Waals surface area contributed by atoms with Gasteiger partial charge in [-0.25, -0.2) is 0 Å². The van der Waals surface area contributed by atoms with Gasteiger partial charge in [-0.05, 0) is 30.7 Å². The van der Waals surface area contributed by atoms with E-state index >= 15 is 0 Å². The highest BCUT2D eigenvalue weighted by Crippen LogP contribution is 2.23. The SMILES string of the molecule is CC(=O)NCCN(C(=O)C=C(C)c1n[nH]c2ccccc12)c1ccccc1. The second-order valence-electron chi connectivity index (χ2n) is 6.25. The van der Waals surface area contributed by atoms with Crippen molar-refractivity contribution in [3.63, 3.8) is 0 Å². The number of aromatic amines is 1. The van der Waals surface area contributed by atoms with E-state index in [9.17, 15) is 9.59 Å². The predicted octanol–water partition coefficient (Wildman–Crippen LogP) is 3.14. The summed E-state index contributed by atoms with van der Waals surface area (Å²) < 4.78 is 0. The molecule has 3 rings (SSSR count). The largest absolute Gasteiger partial charge is 0.355 e. The van der Waals surface area contributed by atoms with Crippen molar-refractivity contribution in [1.82, 2.24) is 15.5 Å². The molecule has 2 aromatic carbocycles. The number of H-pyrrole nitrogens is 1. The van der Waals surface area contributed by atoms with E-state index < -0.39 is 0 Å². The second-order valence-corrected chi connectivity index (χ2v) is 6.25. The van der Waals surface area contributed by atoms with Crippen molar-refractivity contribution in [2.75, 3.05) is 18.0 Å². The lowest BCUT2D eigenvalue weighted by Crippen LogP contribution is -2.37. The monoisotopic (exact) mass is 362 g/mol. The molecule has 0 aliphatic carbocycles. The van der Waals surface area contributed by atoms with Crippen molar-refractivity contribution in [3.05, 3.63) is 66.4 Å². The summed E-state index contributed by atoms with van der Waals surface area (Å²) >= 11 is 0. The van der Waals surface area contributed by atoms with Gasteiger partial charge in [0.15, 0.2) is 0 Å². The Hall–Kier alpha value is -3.41. The minimum Gasteiger partial charge on any atom is -0.355 e. The fourth-order valence-corrected chi connectivity index (χ4v) is 2.91. The molecule has 0 unspecified atom stereocenters. The van der Waals surface area contributed by atoms with Crippen LogP contribution < -0.4 is 10.2 Å². The fraction of sp³-hybridized carbons (Fsp3) is 0.190. The molecule has 6 nitrogen and oxygen atoms in total. The third-order valence-electron chi connectivity index (χ3n) is 4.23. The lowest BCUT2D eigenvalue weighted by molar-refractivity contribution is -0.119. The average Bonchev–Trinajstić information content (AvgIpc) is 3.10. The van der Waals surface area contributed by atoms with Crippen molar-refractivity contribution < 1.29 is 9.59 Å². The van der Waals surface area contributed by atoms with E-state index in [1.54, 1.807) is 11.0 Å². The number of benzene rings is 2. The predicted molar refractivity (Wildman–Crippen MR) is 107 cm³/mol. The highest BCUT2D eigenvalue weighted by atomic mass is 16.2. The minimum atomic E-state index is -0.156. The summed E-state index contributed by atoms with van der Waals surface area (Å²) in [6, 6.07) is 17.2. The van der Waals surface area contributed by atoms with E-state index in [-0.39, 0.29) is 11.8 Å². The van der Waals surface area contributed by atoms with E-state index in [1.807, 2.05) is 61.5 Å². The molecule has 0 spiro atoms. The molecule has 0 saturated carbocycles. The first kappa shape index (κ1) is 18.4. The van der Waals surface area contributed by atoms with Crippen molar-refractivity contribution in [2.24, 2.45) is 0 Å². The number of carbonyl (C=O) groups is 2. The summed E-state index contributed by atoms with van der Waals surface area (Å²) in [5, 5.41) is 11.0. The maximum Gasteiger partial charge on any atom is 0.251 e. The van der Waals surface area contributed by atoms with Gasteiger partial charge < -0.3 is 10.2 Å². The van der Waals surface area contributed by atoms with Crippen LogP contribution >= 0.6 is 0 Å². The number of carbonyl (C=O) groups excluding carboxylic acids is 2. The molecule has 3 aromatic rings. The van der Waals surface area contributed by atoms with Crippen LogP contribution in [-0.2, 0) is 9.59 Å². The lowest BCUT2D eigenvalue weighted by atomic mass is 10.1. The number of hydrogen-bond donors (Lipinski definition) is 2. The lowest BCUT2D eigenvalue weighted by Gasteiger charge is -2.22. The van der Waals surface area contributed by atoms with Gasteiger partial charge in [-0.2, -0.15) is 5.10 Å². The third kappa shape index (κ3) is 4.41.